The number of anilines is 2. The van der Waals surface area contributed by atoms with Crippen LogP contribution in [-0.4, -0.2) is 67.4 Å². The molecule has 166 valence electrons. The number of carbonyl (C=O) groups excluding carboxylic acids is 2. The standard InChI is InChI=1S/C24H31FN4O2/c1-3-12-27(17-23(30)26-21-10-6-4-8-19(21)2)18-24(31)29-15-13-28(14-16-29)22-11-7-5-9-20(22)25/h4-11H,3,12-18H2,1-2H3,(H,26,30). The molecule has 0 bridgehead atoms. The minimum absolute atomic E-state index is 0.00493. The molecule has 0 atom stereocenters. The third-order valence-corrected chi connectivity index (χ3v) is 5.51. The Kier molecular flexibility index (Phi) is 8.00. The summed E-state index contributed by atoms with van der Waals surface area (Å²) < 4.78 is 14.0. The van der Waals surface area contributed by atoms with E-state index in [1.54, 1.807) is 17.0 Å². The summed E-state index contributed by atoms with van der Waals surface area (Å²) in [7, 11) is 0. The zero-order valence-corrected chi connectivity index (χ0v) is 18.3. The number of amides is 2. The molecule has 0 spiro atoms. The van der Waals surface area contributed by atoms with Gasteiger partial charge in [0.15, 0.2) is 0 Å². The number of piperazine rings is 1. The fourth-order valence-electron chi connectivity index (χ4n) is 3.83. The maximum atomic E-state index is 14.0. The van der Waals surface area contributed by atoms with Crippen molar-refractivity contribution in [3.05, 3.63) is 59.9 Å². The van der Waals surface area contributed by atoms with Crippen LogP contribution in [0, 0.1) is 12.7 Å². The van der Waals surface area contributed by atoms with E-state index >= 15 is 0 Å². The summed E-state index contributed by atoms with van der Waals surface area (Å²) in [6.07, 6.45) is 0.853. The average molecular weight is 427 g/mol. The second-order valence-electron chi connectivity index (χ2n) is 7.89. The molecule has 1 aliphatic heterocycles. The lowest BCUT2D eigenvalue weighted by molar-refractivity contribution is -0.133. The SMILES string of the molecule is CCCN(CC(=O)Nc1ccccc1C)CC(=O)N1CCN(c2ccccc2F)CC1. The van der Waals surface area contributed by atoms with Crippen molar-refractivity contribution in [2.24, 2.45) is 0 Å². The Morgan fingerprint density at radius 3 is 2.35 bits per heavy atom. The molecular weight excluding hydrogens is 395 g/mol. The minimum Gasteiger partial charge on any atom is -0.366 e. The van der Waals surface area contributed by atoms with Crippen LogP contribution < -0.4 is 10.2 Å². The lowest BCUT2D eigenvalue weighted by Gasteiger charge is -2.37. The number of para-hydroxylation sites is 2. The molecule has 3 rings (SSSR count). The van der Waals surface area contributed by atoms with Gasteiger partial charge in [0.05, 0.1) is 18.8 Å². The Bertz CT molecular complexity index is 897. The van der Waals surface area contributed by atoms with Gasteiger partial charge in [-0.15, -0.1) is 0 Å². The first-order chi connectivity index (χ1) is 15.0. The highest BCUT2D eigenvalue weighted by molar-refractivity contribution is 5.93. The van der Waals surface area contributed by atoms with Crippen LogP contribution in [0.5, 0.6) is 0 Å². The van der Waals surface area contributed by atoms with Gasteiger partial charge in [-0.3, -0.25) is 14.5 Å². The predicted molar refractivity (Wildman–Crippen MR) is 122 cm³/mol. The van der Waals surface area contributed by atoms with Crippen LogP contribution in [0.15, 0.2) is 48.5 Å². The van der Waals surface area contributed by atoms with Crippen LogP contribution in [0.1, 0.15) is 18.9 Å². The molecule has 1 aliphatic rings. The van der Waals surface area contributed by atoms with Crippen LogP contribution in [0.25, 0.3) is 0 Å². The summed E-state index contributed by atoms with van der Waals surface area (Å²) in [5.41, 5.74) is 2.37. The molecule has 0 radical (unpaired) electrons. The summed E-state index contributed by atoms with van der Waals surface area (Å²) in [5, 5.41) is 2.93. The molecule has 2 aromatic carbocycles. The van der Waals surface area contributed by atoms with Crippen molar-refractivity contribution in [1.82, 2.24) is 9.80 Å². The highest BCUT2D eigenvalue weighted by Gasteiger charge is 2.24. The highest BCUT2D eigenvalue weighted by atomic mass is 19.1. The van der Waals surface area contributed by atoms with E-state index in [-0.39, 0.29) is 30.7 Å². The quantitative estimate of drug-likeness (QED) is 0.705. The number of benzene rings is 2. The van der Waals surface area contributed by atoms with Crippen molar-refractivity contribution in [3.63, 3.8) is 0 Å². The third-order valence-electron chi connectivity index (χ3n) is 5.51. The van der Waals surface area contributed by atoms with Crippen molar-refractivity contribution in [2.45, 2.75) is 20.3 Å². The zero-order chi connectivity index (χ0) is 22.2. The largest absolute Gasteiger partial charge is 0.366 e. The first-order valence-electron chi connectivity index (χ1n) is 10.8. The highest BCUT2D eigenvalue weighted by Crippen LogP contribution is 2.20. The summed E-state index contributed by atoms with van der Waals surface area (Å²) in [6.45, 7) is 7.29. The van der Waals surface area contributed by atoms with E-state index in [0.717, 1.165) is 17.7 Å². The maximum absolute atomic E-state index is 14.0. The molecule has 2 amide bonds. The molecule has 0 aromatic heterocycles. The van der Waals surface area contributed by atoms with Gasteiger partial charge in [0.1, 0.15) is 5.82 Å². The van der Waals surface area contributed by atoms with Gasteiger partial charge in [-0.05, 0) is 43.7 Å². The number of hydrogen-bond acceptors (Lipinski definition) is 4. The van der Waals surface area contributed by atoms with Gasteiger partial charge in [-0.2, -0.15) is 0 Å². The molecule has 6 nitrogen and oxygen atoms in total. The number of rotatable bonds is 8. The van der Waals surface area contributed by atoms with E-state index in [2.05, 4.69) is 5.32 Å². The lowest BCUT2D eigenvalue weighted by atomic mass is 10.2. The summed E-state index contributed by atoms with van der Waals surface area (Å²) in [5.74, 6) is -0.360. The van der Waals surface area contributed by atoms with Gasteiger partial charge in [-0.1, -0.05) is 37.3 Å². The predicted octanol–water partition coefficient (Wildman–Crippen LogP) is 3.13. The first kappa shape index (κ1) is 22.7. The smallest absolute Gasteiger partial charge is 0.238 e. The normalized spacial score (nSPS) is 14.1. The van der Waals surface area contributed by atoms with Crippen LogP contribution in [-0.2, 0) is 9.59 Å². The Balaban J connectivity index is 1.52. The van der Waals surface area contributed by atoms with Crippen molar-refractivity contribution >= 4 is 23.2 Å². The molecular formula is C24H31FN4O2. The van der Waals surface area contributed by atoms with Gasteiger partial charge < -0.3 is 15.1 Å². The van der Waals surface area contributed by atoms with E-state index < -0.39 is 0 Å². The molecule has 0 unspecified atom stereocenters. The number of aryl methyl sites for hydroxylation is 1. The molecule has 2 aromatic rings. The van der Waals surface area contributed by atoms with E-state index in [1.165, 1.54) is 6.07 Å². The van der Waals surface area contributed by atoms with Gasteiger partial charge in [0.2, 0.25) is 11.8 Å². The van der Waals surface area contributed by atoms with Gasteiger partial charge >= 0.3 is 0 Å². The van der Waals surface area contributed by atoms with E-state index in [1.807, 2.05) is 54.0 Å². The molecule has 1 N–H and O–H groups in total. The van der Waals surface area contributed by atoms with Crippen LogP contribution in [0.3, 0.4) is 0 Å². The second kappa shape index (κ2) is 10.9. The molecule has 31 heavy (non-hydrogen) atoms. The molecule has 1 fully saturated rings. The van der Waals surface area contributed by atoms with Gasteiger partial charge in [0, 0.05) is 31.9 Å². The molecule has 0 saturated carbocycles. The zero-order valence-electron chi connectivity index (χ0n) is 18.3. The second-order valence-corrected chi connectivity index (χ2v) is 7.89. The number of hydrogen-bond donors (Lipinski definition) is 1. The maximum Gasteiger partial charge on any atom is 0.238 e. The van der Waals surface area contributed by atoms with E-state index in [9.17, 15) is 14.0 Å². The number of carbonyl (C=O) groups is 2. The topological polar surface area (TPSA) is 55.9 Å². The third kappa shape index (κ3) is 6.28. The Morgan fingerprint density at radius 2 is 1.68 bits per heavy atom. The lowest BCUT2D eigenvalue weighted by Crippen LogP contribution is -2.52. The summed E-state index contributed by atoms with van der Waals surface area (Å²) >= 11 is 0. The van der Waals surface area contributed by atoms with Crippen molar-refractivity contribution in [2.75, 3.05) is 56.0 Å². The Labute approximate surface area is 183 Å². The van der Waals surface area contributed by atoms with Gasteiger partial charge in [0.25, 0.3) is 0 Å². The van der Waals surface area contributed by atoms with E-state index in [0.29, 0.717) is 38.4 Å². The van der Waals surface area contributed by atoms with Crippen molar-refractivity contribution < 1.29 is 14.0 Å². The van der Waals surface area contributed by atoms with E-state index in [4.69, 9.17) is 0 Å². The van der Waals surface area contributed by atoms with Crippen LogP contribution in [0.4, 0.5) is 15.8 Å². The molecule has 1 saturated heterocycles. The number of nitrogens with one attached hydrogen (secondary N) is 1. The van der Waals surface area contributed by atoms with Crippen molar-refractivity contribution in [1.29, 1.82) is 0 Å². The minimum atomic E-state index is -0.240. The number of halogens is 1. The summed E-state index contributed by atoms with van der Waals surface area (Å²) in [6, 6.07) is 14.4. The summed E-state index contributed by atoms with van der Waals surface area (Å²) in [4.78, 5) is 31.0. The fourth-order valence-corrected chi connectivity index (χ4v) is 3.83. The Hall–Kier alpha value is -2.93. The molecule has 1 heterocycles. The number of nitrogens with zero attached hydrogens (tertiary/aromatic N) is 3. The van der Waals surface area contributed by atoms with Gasteiger partial charge in [-0.25, -0.2) is 4.39 Å². The average Bonchev–Trinajstić information content (AvgIpc) is 2.76. The molecule has 0 aliphatic carbocycles. The Morgan fingerprint density at radius 1 is 1.00 bits per heavy atom. The van der Waals surface area contributed by atoms with Crippen LogP contribution in [0.2, 0.25) is 0 Å². The monoisotopic (exact) mass is 426 g/mol. The first-order valence-corrected chi connectivity index (χ1v) is 10.8. The molecule has 7 heteroatoms. The van der Waals surface area contributed by atoms with Crippen LogP contribution >= 0.6 is 0 Å². The van der Waals surface area contributed by atoms with Crippen molar-refractivity contribution in [3.8, 4) is 0 Å². The fraction of sp³-hybridized carbons (Fsp3) is 0.417.